The third-order valence-corrected chi connectivity index (χ3v) is 2.85. The van der Waals surface area contributed by atoms with Gasteiger partial charge in [-0.3, -0.25) is 9.59 Å². The number of hydrogen-bond acceptors (Lipinski definition) is 3. The highest BCUT2D eigenvalue weighted by molar-refractivity contribution is 6.30. The Balaban J connectivity index is 2.65. The maximum absolute atomic E-state index is 12.2. The number of benzene rings is 1. The van der Waals surface area contributed by atoms with Gasteiger partial charge in [-0.15, -0.1) is 6.58 Å². The molecular formula is C15H18ClNO3. The highest BCUT2D eigenvalue weighted by atomic mass is 35.5. The number of nitrogens with zero attached hydrogens (tertiary/aromatic N) is 1. The minimum Gasteiger partial charge on any atom is -0.465 e. The SMILES string of the molecule is C=CCN(CC(=O)OCC)C(=O)Cc1ccc(Cl)cc1. The number of esters is 1. The van der Waals surface area contributed by atoms with Crippen LogP contribution in [0.25, 0.3) is 0 Å². The first-order valence-electron chi connectivity index (χ1n) is 6.35. The van der Waals surface area contributed by atoms with Crippen LogP contribution in [0.3, 0.4) is 0 Å². The summed E-state index contributed by atoms with van der Waals surface area (Å²) < 4.78 is 4.85. The summed E-state index contributed by atoms with van der Waals surface area (Å²) in [6.45, 7) is 5.86. The van der Waals surface area contributed by atoms with E-state index in [9.17, 15) is 9.59 Å². The molecule has 108 valence electrons. The first-order valence-corrected chi connectivity index (χ1v) is 6.73. The molecule has 1 amide bonds. The Morgan fingerprint density at radius 2 is 2.00 bits per heavy atom. The molecule has 0 unspecified atom stereocenters. The van der Waals surface area contributed by atoms with Crippen molar-refractivity contribution in [3.8, 4) is 0 Å². The van der Waals surface area contributed by atoms with Crippen molar-refractivity contribution in [1.82, 2.24) is 4.90 Å². The Hall–Kier alpha value is -1.81. The van der Waals surface area contributed by atoms with Crippen molar-refractivity contribution in [2.24, 2.45) is 0 Å². The number of halogens is 1. The molecule has 0 aliphatic carbocycles. The van der Waals surface area contributed by atoms with E-state index in [0.717, 1.165) is 5.56 Å². The third kappa shape index (κ3) is 5.45. The quantitative estimate of drug-likeness (QED) is 0.573. The molecule has 0 heterocycles. The predicted octanol–water partition coefficient (Wildman–Crippen LogP) is 2.46. The Labute approximate surface area is 124 Å². The van der Waals surface area contributed by atoms with Crippen molar-refractivity contribution in [1.29, 1.82) is 0 Å². The van der Waals surface area contributed by atoms with E-state index in [1.54, 1.807) is 37.3 Å². The molecule has 1 aromatic carbocycles. The Morgan fingerprint density at radius 1 is 1.35 bits per heavy atom. The van der Waals surface area contributed by atoms with Crippen LogP contribution in [-0.4, -0.2) is 36.5 Å². The highest BCUT2D eigenvalue weighted by Crippen LogP contribution is 2.11. The summed E-state index contributed by atoms with van der Waals surface area (Å²) in [6.07, 6.45) is 1.80. The molecule has 20 heavy (non-hydrogen) atoms. The van der Waals surface area contributed by atoms with Gasteiger partial charge in [0.25, 0.3) is 0 Å². The van der Waals surface area contributed by atoms with E-state index < -0.39 is 5.97 Å². The summed E-state index contributed by atoms with van der Waals surface area (Å²) >= 11 is 5.79. The number of carbonyl (C=O) groups excluding carboxylic acids is 2. The maximum Gasteiger partial charge on any atom is 0.325 e. The highest BCUT2D eigenvalue weighted by Gasteiger charge is 2.16. The van der Waals surface area contributed by atoms with Crippen molar-refractivity contribution >= 4 is 23.5 Å². The predicted molar refractivity (Wildman–Crippen MR) is 78.6 cm³/mol. The number of ether oxygens (including phenoxy) is 1. The van der Waals surface area contributed by atoms with Gasteiger partial charge in [0, 0.05) is 11.6 Å². The van der Waals surface area contributed by atoms with Crippen molar-refractivity contribution in [2.75, 3.05) is 19.7 Å². The fourth-order valence-corrected chi connectivity index (χ4v) is 1.79. The Kier molecular flexibility index (Phi) is 6.81. The second-order valence-electron chi connectivity index (χ2n) is 4.17. The normalized spacial score (nSPS) is 9.90. The van der Waals surface area contributed by atoms with E-state index in [2.05, 4.69) is 6.58 Å². The molecule has 0 aliphatic heterocycles. The molecule has 0 spiro atoms. The minimum absolute atomic E-state index is 0.0632. The minimum atomic E-state index is -0.418. The lowest BCUT2D eigenvalue weighted by Gasteiger charge is -2.20. The van der Waals surface area contributed by atoms with Gasteiger partial charge in [-0.1, -0.05) is 29.8 Å². The van der Waals surface area contributed by atoms with Gasteiger partial charge in [0.05, 0.1) is 13.0 Å². The molecule has 0 radical (unpaired) electrons. The molecule has 0 bridgehead atoms. The van der Waals surface area contributed by atoms with Gasteiger partial charge in [-0.05, 0) is 24.6 Å². The van der Waals surface area contributed by atoms with Crippen LogP contribution < -0.4 is 0 Å². The molecule has 4 nitrogen and oxygen atoms in total. The van der Waals surface area contributed by atoms with Crippen molar-refractivity contribution in [2.45, 2.75) is 13.3 Å². The second kappa shape index (κ2) is 8.38. The van der Waals surface area contributed by atoms with E-state index >= 15 is 0 Å². The zero-order chi connectivity index (χ0) is 15.0. The van der Waals surface area contributed by atoms with Crippen molar-refractivity contribution in [3.05, 3.63) is 47.5 Å². The number of carbonyl (C=O) groups is 2. The number of hydrogen-bond donors (Lipinski definition) is 0. The van der Waals surface area contributed by atoms with Crippen LogP contribution in [0.15, 0.2) is 36.9 Å². The number of rotatable bonds is 7. The molecule has 0 saturated carbocycles. The van der Waals surface area contributed by atoms with Crippen LogP contribution in [0.1, 0.15) is 12.5 Å². The van der Waals surface area contributed by atoms with Crippen molar-refractivity contribution < 1.29 is 14.3 Å². The lowest BCUT2D eigenvalue weighted by Crippen LogP contribution is -2.37. The summed E-state index contributed by atoms with van der Waals surface area (Å²) in [7, 11) is 0. The third-order valence-electron chi connectivity index (χ3n) is 2.60. The van der Waals surface area contributed by atoms with Crippen LogP contribution in [-0.2, 0) is 20.7 Å². The zero-order valence-corrected chi connectivity index (χ0v) is 12.2. The fraction of sp³-hybridized carbons (Fsp3) is 0.333. The monoisotopic (exact) mass is 295 g/mol. The fourth-order valence-electron chi connectivity index (χ4n) is 1.66. The lowest BCUT2D eigenvalue weighted by atomic mass is 10.1. The molecule has 0 aliphatic rings. The van der Waals surface area contributed by atoms with Gasteiger partial charge in [-0.25, -0.2) is 0 Å². The molecule has 0 saturated heterocycles. The molecule has 0 N–H and O–H groups in total. The van der Waals surface area contributed by atoms with Crippen molar-refractivity contribution in [3.63, 3.8) is 0 Å². The van der Waals surface area contributed by atoms with Gasteiger partial charge < -0.3 is 9.64 Å². The lowest BCUT2D eigenvalue weighted by molar-refractivity contribution is -0.148. The smallest absolute Gasteiger partial charge is 0.325 e. The Bertz CT molecular complexity index is 471. The molecule has 1 aromatic rings. The number of amides is 1. The van der Waals surface area contributed by atoms with Gasteiger partial charge in [0.1, 0.15) is 6.54 Å². The van der Waals surface area contributed by atoms with Gasteiger partial charge in [0.2, 0.25) is 5.91 Å². The topological polar surface area (TPSA) is 46.6 Å². The zero-order valence-electron chi connectivity index (χ0n) is 11.5. The molecule has 0 aromatic heterocycles. The maximum atomic E-state index is 12.2. The molecule has 0 atom stereocenters. The molecule has 0 fully saturated rings. The first kappa shape index (κ1) is 16.2. The average Bonchev–Trinajstić information content (AvgIpc) is 2.41. The molecule has 1 rings (SSSR count). The summed E-state index contributed by atoms with van der Waals surface area (Å²) in [6, 6.07) is 7.04. The summed E-state index contributed by atoms with van der Waals surface area (Å²) in [4.78, 5) is 25.0. The largest absolute Gasteiger partial charge is 0.465 e. The van der Waals surface area contributed by atoms with Gasteiger partial charge in [-0.2, -0.15) is 0 Å². The summed E-state index contributed by atoms with van der Waals surface area (Å²) in [5.41, 5.74) is 0.845. The van der Waals surface area contributed by atoms with Crippen LogP contribution in [0.2, 0.25) is 5.02 Å². The van der Waals surface area contributed by atoms with E-state index in [4.69, 9.17) is 16.3 Å². The molecule has 5 heteroatoms. The van der Waals surface area contributed by atoms with Crippen LogP contribution in [0, 0.1) is 0 Å². The first-order chi connectivity index (χ1) is 9.56. The van der Waals surface area contributed by atoms with Crippen LogP contribution >= 0.6 is 11.6 Å². The van der Waals surface area contributed by atoms with E-state index in [0.29, 0.717) is 18.2 Å². The van der Waals surface area contributed by atoms with Crippen LogP contribution in [0.4, 0.5) is 0 Å². The Morgan fingerprint density at radius 3 is 2.55 bits per heavy atom. The standard InChI is InChI=1S/C15H18ClNO3/c1-3-9-17(11-15(19)20-4-2)14(18)10-12-5-7-13(16)8-6-12/h3,5-8H,1,4,9-11H2,2H3. The van der Waals surface area contributed by atoms with Gasteiger partial charge in [0.15, 0.2) is 0 Å². The average molecular weight is 296 g/mol. The van der Waals surface area contributed by atoms with E-state index in [1.165, 1.54) is 4.90 Å². The summed E-state index contributed by atoms with van der Waals surface area (Å²) in [5.74, 6) is -0.570. The molecular weight excluding hydrogens is 278 g/mol. The van der Waals surface area contributed by atoms with Gasteiger partial charge >= 0.3 is 5.97 Å². The van der Waals surface area contributed by atoms with E-state index in [-0.39, 0.29) is 18.9 Å². The van der Waals surface area contributed by atoms with Crippen LogP contribution in [0.5, 0.6) is 0 Å². The summed E-state index contributed by atoms with van der Waals surface area (Å²) in [5, 5.41) is 0.621. The second-order valence-corrected chi connectivity index (χ2v) is 4.61. The van der Waals surface area contributed by atoms with E-state index in [1.807, 2.05) is 0 Å².